The molecule has 1 N–H and O–H groups in total. The number of nitrogens with zero attached hydrogens (tertiary/aromatic N) is 1. The van der Waals surface area contributed by atoms with E-state index in [1.807, 2.05) is 6.92 Å². The van der Waals surface area contributed by atoms with E-state index in [1.165, 1.54) is 12.3 Å². The van der Waals surface area contributed by atoms with Crippen LogP contribution in [0.25, 0.3) is 0 Å². The molecular formula is C15H14ClF3N2. The molecule has 0 bridgehead atoms. The number of pyridine rings is 1. The Labute approximate surface area is 126 Å². The van der Waals surface area contributed by atoms with Crippen LogP contribution in [0.5, 0.6) is 0 Å². The van der Waals surface area contributed by atoms with Crippen molar-refractivity contribution in [3.63, 3.8) is 0 Å². The van der Waals surface area contributed by atoms with Crippen LogP contribution in [0.4, 0.5) is 13.2 Å². The number of nitrogens with one attached hydrogen (secondary N) is 1. The second-order valence-electron chi connectivity index (χ2n) is 4.52. The van der Waals surface area contributed by atoms with Gasteiger partial charge in [-0.1, -0.05) is 24.6 Å². The standard InChI is InChI=1S/C15H14ClF3N2/c1-2-7-20-14(15-10(16)4-3-8-21-15)9-5-6-11(17)13(19)12(9)18/h3-6,8,14,20H,2,7H2,1H3. The van der Waals surface area contributed by atoms with Crippen LogP contribution < -0.4 is 5.32 Å². The third-order valence-corrected chi connectivity index (χ3v) is 3.35. The highest BCUT2D eigenvalue weighted by atomic mass is 35.5. The molecule has 6 heteroatoms. The van der Waals surface area contributed by atoms with Crippen LogP contribution in [0.1, 0.15) is 30.6 Å². The average Bonchev–Trinajstić information content (AvgIpc) is 2.48. The van der Waals surface area contributed by atoms with Crippen LogP contribution in [0.15, 0.2) is 30.5 Å². The molecule has 1 heterocycles. The van der Waals surface area contributed by atoms with Crippen LogP contribution >= 0.6 is 11.6 Å². The molecule has 0 aliphatic carbocycles. The van der Waals surface area contributed by atoms with Gasteiger partial charge in [0.05, 0.1) is 16.8 Å². The summed E-state index contributed by atoms with van der Waals surface area (Å²) in [4.78, 5) is 4.12. The van der Waals surface area contributed by atoms with Gasteiger partial charge in [0.1, 0.15) is 0 Å². The van der Waals surface area contributed by atoms with Crippen molar-refractivity contribution in [1.29, 1.82) is 0 Å². The molecule has 1 atom stereocenters. The van der Waals surface area contributed by atoms with Crippen LogP contribution in [0, 0.1) is 17.5 Å². The molecule has 2 rings (SSSR count). The molecule has 1 unspecified atom stereocenters. The Balaban J connectivity index is 2.51. The van der Waals surface area contributed by atoms with E-state index in [0.29, 0.717) is 17.3 Å². The summed E-state index contributed by atoms with van der Waals surface area (Å²) in [6.07, 6.45) is 2.30. The SMILES string of the molecule is CCCNC(c1ccc(F)c(F)c1F)c1ncccc1Cl. The molecule has 0 radical (unpaired) electrons. The van der Waals surface area contributed by atoms with E-state index < -0.39 is 23.5 Å². The van der Waals surface area contributed by atoms with Gasteiger partial charge in [-0.25, -0.2) is 13.2 Å². The maximum absolute atomic E-state index is 14.0. The minimum absolute atomic E-state index is 0.0250. The van der Waals surface area contributed by atoms with E-state index in [0.717, 1.165) is 12.5 Å². The lowest BCUT2D eigenvalue weighted by Crippen LogP contribution is -2.25. The van der Waals surface area contributed by atoms with E-state index in [2.05, 4.69) is 10.3 Å². The quantitative estimate of drug-likeness (QED) is 0.835. The van der Waals surface area contributed by atoms with Crippen LogP contribution in [-0.4, -0.2) is 11.5 Å². The monoisotopic (exact) mass is 314 g/mol. The van der Waals surface area contributed by atoms with Gasteiger partial charge in [0.25, 0.3) is 0 Å². The maximum atomic E-state index is 14.0. The first-order chi connectivity index (χ1) is 10.1. The second kappa shape index (κ2) is 6.91. The van der Waals surface area contributed by atoms with Crippen molar-refractivity contribution in [3.05, 3.63) is 64.2 Å². The normalized spacial score (nSPS) is 12.4. The summed E-state index contributed by atoms with van der Waals surface area (Å²) >= 11 is 6.08. The second-order valence-corrected chi connectivity index (χ2v) is 4.93. The molecular weight excluding hydrogens is 301 g/mol. The molecule has 2 nitrogen and oxygen atoms in total. The topological polar surface area (TPSA) is 24.9 Å². The summed E-state index contributed by atoms with van der Waals surface area (Å²) < 4.78 is 40.6. The highest BCUT2D eigenvalue weighted by Crippen LogP contribution is 2.29. The molecule has 1 aromatic heterocycles. The van der Waals surface area contributed by atoms with E-state index in [9.17, 15) is 13.2 Å². The van der Waals surface area contributed by atoms with Gasteiger partial charge in [-0.15, -0.1) is 0 Å². The molecule has 112 valence electrons. The molecule has 0 aliphatic rings. The first-order valence-electron chi connectivity index (χ1n) is 6.53. The summed E-state index contributed by atoms with van der Waals surface area (Å²) in [7, 11) is 0. The summed E-state index contributed by atoms with van der Waals surface area (Å²) in [6.45, 7) is 2.49. The van der Waals surface area contributed by atoms with Gasteiger partial charge in [-0.2, -0.15) is 0 Å². The lowest BCUT2D eigenvalue weighted by Gasteiger charge is -2.20. The summed E-state index contributed by atoms with van der Waals surface area (Å²) in [6, 6.07) is 4.61. The zero-order chi connectivity index (χ0) is 15.4. The van der Waals surface area contributed by atoms with Gasteiger partial charge in [0.15, 0.2) is 17.5 Å². The van der Waals surface area contributed by atoms with E-state index in [1.54, 1.807) is 12.1 Å². The largest absolute Gasteiger partial charge is 0.305 e. The number of benzene rings is 1. The fraction of sp³-hybridized carbons (Fsp3) is 0.267. The Hall–Kier alpha value is -1.59. The molecule has 0 spiro atoms. The molecule has 2 aromatic rings. The van der Waals surface area contributed by atoms with Gasteiger partial charge < -0.3 is 5.32 Å². The average molecular weight is 315 g/mol. The molecule has 21 heavy (non-hydrogen) atoms. The third kappa shape index (κ3) is 3.36. The van der Waals surface area contributed by atoms with Gasteiger partial charge in [-0.05, 0) is 31.2 Å². The molecule has 0 aliphatic heterocycles. The van der Waals surface area contributed by atoms with Gasteiger partial charge >= 0.3 is 0 Å². The Morgan fingerprint density at radius 1 is 1.19 bits per heavy atom. The predicted octanol–water partition coefficient (Wildman–Crippen LogP) is 4.24. The van der Waals surface area contributed by atoms with E-state index in [-0.39, 0.29) is 5.56 Å². The molecule has 0 saturated carbocycles. The summed E-state index contributed by atoms with van der Waals surface area (Å²) in [5.74, 6) is -3.95. The maximum Gasteiger partial charge on any atom is 0.194 e. The Kier molecular flexibility index (Phi) is 5.20. The van der Waals surface area contributed by atoms with Gasteiger partial charge in [0, 0.05) is 11.8 Å². The Morgan fingerprint density at radius 3 is 2.62 bits per heavy atom. The van der Waals surface area contributed by atoms with Crippen molar-refractivity contribution in [2.45, 2.75) is 19.4 Å². The number of halogens is 4. The smallest absolute Gasteiger partial charge is 0.194 e. The van der Waals surface area contributed by atoms with Crippen molar-refractivity contribution < 1.29 is 13.2 Å². The minimum Gasteiger partial charge on any atom is -0.305 e. The lowest BCUT2D eigenvalue weighted by molar-refractivity contribution is 0.431. The zero-order valence-electron chi connectivity index (χ0n) is 11.3. The van der Waals surface area contributed by atoms with Crippen molar-refractivity contribution in [1.82, 2.24) is 10.3 Å². The van der Waals surface area contributed by atoms with Gasteiger partial charge in [0.2, 0.25) is 0 Å². The molecule has 0 saturated heterocycles. The highest BCUT2D eigenvalue weighted by molar-refractivity contribution is 6.31. The number of aromatic nitrogens is 1. The van der Waals surface area contributed by atoms with Crippen molar-refractivity contribution in [2.24, 2.45) is 0 Å². The first kappa shape index (κ1) is 15.8. The minimum atomic E-state index is -1.50. The molecule has 1 aromatic carbocycles. The number of rotatable bonds is 5. The third-order valence-electron chi connectivity index (χ3n) is 3.03. The molecule has 0 fully saturated rings. The fourth-order valence-electron chi connectivity index (χ4n) is 2.02. The predicted molar refractivity (Wildman–Crippen MR) is 75.7 cm³/mol. The van der Waals surface area contributed by atoms with Crippen LogP contribution in [0.3, 0.4) is 0 Å². The highest BCUT2D eigenvalue weighted by Gasteiger charge is 2.24. The van der Waals surface area contributed by atoms with Crippen molar-refractivity contribution in [2.75, 3.05) is 6.54 Å². The Morgan fingerprint density at radius 2 is 1.95 bits per heavy atom. The zero-order valence-corrected chi connectivity index (χ0v) is 12.1. The summed E-state index contributed by atoms with van der Waals surface area (Å²) in [5.41, 5.74) is 0.348. The fourth-order valence-corrected chi connectivity index (χ4v) is 2.25. The molecule has 0 amide bonds. The first-order valence-corrected chi connectivity index (χ1v) is 6.91. The number of hydrogen-bond donors (Lipinski definition) is 1. The van der Waals surface area contributed by atoms with E-state index in [4.69, 9.17) is 11.6 Å². The lowest BCUT2D eigenvalue weighted by atomic mass is 10.0. The van der Waals surface area contributed by atoms with Crippen LogP contribution in [0.2, 0.25) is 5.02 Å². The van der Waals surface area contributed by atoms with E-state index >= 15 is 0 Å². The number of hydrogen-bond acceptors (Lipinski definition) is 2. The van der Waals surface area contributed by atoms with Crippen molar-refractivity contribution in [3.8, 4) is 0 Å². The Bertz CT molecular complexity index is 634. The van der Waals surface area contributed by atoms with Crippen molar-refractivity contribution >= 4 is 11.6 Å². The summed E-state index contributed by atoms with van der Waals surface area (Å²) in [5, 5.41) is 3.38. The van der Waals surface area contributed by atoms with Gasteiger partial charge in [-0.3, -0.25) is 4.98 Å². The van der Waals surface area contributed by atoms with Crippen LogP contribution in [-0.2, 0) is 0 Å².